The van der Waals surface area contributed by atoms with Crippen molar-refractivity contribution >= 4 is 25.4 Å². The summed E-state index contributed by atoms with van der Waals surface area (Å²) < 4.78 is 7.46. The first-order valence-corrected chi connectivity index (χ1v) is 9.47. The van der Waals surface area contributed by atoms with E-state index >= 15 is 0 Å². The molecule has 1 aliphatic rings. The average molecular weight is 258 g/mol. The van der Waals surface area contributed by atoms with E-state index in [0.717, 1.165) is 18.4 Å². The smallest absolute Gasteiger partial charge is 0.252 e. The van der Waals surface area contributed by atoms with E-state index in [-0.39, 0.29) is 0 Å². The third-order valence-electron chi connectivity index (χ3n) is 2.36. The quantitative estimate of drug-likeness (QED) is 0.417. The molecule has 3 nitrogen and oxygen atoms in total. The summed E-state index contributed by atoms with van der Waals surface area (Å²) in [7, 11) is -1.01. The van der Waals surface area contributed by atoms with Gasteiger partial charge in [-0.1, -0.05) is 31.2 Å². The molecule has 1 rings (SSSR count). The van der Waals surface area contributed by atoms with Crippen molar-refractivity contribution < 1.29 is 9.31 Å². The molecule has 1 aliphatic heterocycles. The first-order valence-electron chi connectivity index (χ1n) is 5.39. The van der Waals surface area contributed by atoms with Gasteiger partial charge in [-0.15, -0.1) is 0 Å². The normalized spacial score (nSPS) is 15.6. The molecule has 5 heteroatoms. The van der Waals surface area contributed by atoms with Gasteiger partial charge in [-0.2, -0.15) is 9.84 Å². The number of allylic oxidation sites excluding steroid dienone is 1. The molecule has 0 aromatic heterocycles. The summed E-state index contributed by atoms with van der Waals surface area (Å²) in [6.45, 7) is 8.27. The van der Waals surface area contributed by atoms with Gasteiger partial charge in [0.05, 0.1) is 12.7 Å². The van der Waals surface area contributed by atoms with E-state index in [2.05, 4.69) is 25.7 Å². The summed E-state index contributed by atoms with van der Waals surface area (Å²) in [5, 5.41) is 9.27. The maximum absolute atomic E-state index is 8.60. The fourth-order valence-electron chi connectivity index (χ4n) is 1.28. The zero-order chi connectivity index (χ0) is 12.2. The number of rotatable bonds is 6. The molecule has 0 saturated carbocycles. The minimum atomic E-state index is -1.01. The summed E-state index contributed by atoms with van der Waals surface area (Å²) in [5.74, 6) is 0. The highest BCUT2D eigenvalue weighted by atomic mass is 35.5. The summed E-state index contributed by atoms with van der Waals surface area (Å²) in [4.78, 5) is 0. The van der Waals surface area contributed by atoms with Gasteiger partial charge in [0.2, 0.25) is 5.71 Å². The van der Waals surface area contributed by atoms with E-state index < -0.39 is 8.07 Å². The third-order valence-corrected chi connectivity index (χ3v) is 4.38. The molecular weight excluding hydrogens is 240 g/mol. The minimum absolute atomic E-state index is 0.354. The Morgan fingerprint density at radius 3 is 2.69 bits per heavy atom. The van der Waals surface area contributed by atoms with E-state index in [0.29, 0.717) is 18.2 Å². The van der Waals surface area contributed by atoms with Crippen LogP contribution in [-0.4, -0.2) is 31.7 Å². The van der Waals surface area contributed by atoms with Crippen LogP contribution in [0, 0.1) is 11.3 Å². The Morgan fingerprint density at radius 1 is 1.50 bits per heavy atom. The number of nitrogens with zero attached hydrogens (tertiary/aromatic N) is 2. The predicted octanol–water partition coefficient (Wildman–Crippen LogP) is 2.76. The van der Waals surface area contributed by atoms with Crippen LogP contribution in [0.15, 0.2) is 11.2 Å². The number of ether oxygens (including phenoxy) is 1. The van der Waals surface area contributed by atoms with Gasteiger partial charge >= 0.3 is 0 Å². The zero-order valence-electron chi connectivity index (χ0n) is 10.1. The fourth-order valence-corrected chi connectivity index (χ4v) is 2.33. The largest absolute Gasteiger partial charge is 0.324 e. The van der Waals surface area contributed by atoms with Crippen molar-refractivity contribution in [2.24, 2.45) is 0 Å². The molecule has 0 N–H and O–H groups in total. The van der Waals surface area contributed by atoms with E-state index in [1.807, 2.05) is 10.8 Å². The second-order valence-corrected chi connectivity index (χ2v) is 11.1. The van der Waals surface area contributed by atoms with Gasteiger partial charge in [0, 0.05) is 8.07 Å². The van der Waals surface area contributed by atoms with Gasteiger partial charge in [0.15, 0.2) is 11.2 Å². The van der Waals surface area contributed by atoms with Crippen LogP contribution in [0.2, 0.25) is 25.7 Å². The Balaban J connectivity index is 2.27. The Bertz CT molecular complexity index is 363. The highest BCUT2D eigenvalue weighted by Crippen LogP contribution is 2.16. The Kier molecular flexibility index (Phi) is 4.72. The van der Waals surface area contributed by atoms with Crippen molar-refractivity contribution in [3.8, 4) is 6.07 Å². The van der Waals surface area contributed by atoms with Gasteiger partial charge in [-0.3, -0.25) is 0 Å². The van der Waals surface area contributed by atoms with Crippen LogP contribution >= 0.6 is 11.6 Å². The third kappa shape index (κ3) is 4.09. The van der Waals surface area contributed by atoms with Crippen molar-refractivity contribution in [3.05, 3.63) is 11.2 Å². The number of halogens is 1. The number of nitriles is 1. The van der Waals surface area contributed by atoms with Crippen LogP contribution in [0.5, 0.6) is 0 Å². The molecule has 0 fully saturated rings. The fraction of sp³-hybridized carbons (Fsp3) is 0.636. The molecule has 0 saturated heterocycles. The molecular formula is C11H18ClN2OSi+. The van der Waals surface area contributed by atoms with Gasteiger partial charge in [0.25, 0.3) is 6.73 Å². The summed E-state index contributed by atoms with van der Waals surface area (Å²) in [6.07, 6.45) is 2.16. The number of hydrogen-bond acceptors (Lipinski definition) is 2. The molecule has 0 aliphatic carbocycles. The molecule has 0 amide bonds. The highest BCUT2D eigenvalue weighted by Gasteiger charge is 2.28. The summed E-state index contributed by atoms with van der Waals surface area (Å²) in [5.41, 5.74) is 0.872. The highest BCUT2D eigenvalue weighted by molar-refractivity contribution is 6.76. The van der Waals surface area contributed by atoms with Gasteiger partial charge in [-0.05, 0) is 6.04 Å². The van der Waals surface area contributed by atoms with Crippen LogP contribution < -0.4 is 0 Å². The SMILES string of the molecule is C[Si](C)(C)CCOC[N+]1=C(CC#N)C(Cl)=C1. The molecule has 0 radical (unpaired) electrons. The summed E-state index contributed by atoms with van der Waals surface area (Å²) in [6, 6.07) is 3.25. The molecule has 0 atom stereocenters. The van der Waals surface area contributed by atoms with E-state index in [4.69, 9.17) is 21.6 Å². The van der Waals surface area contributed by atoms with Gasteiger partial charge < -0.3 is 4.74 Å². The predicted molar refractivity (Wildman–Crippen MR) is 68.4 cm³/mol. The second kappa shape index (κ2) is 5.62. The topological polar surface area (TPSA) is 36.0 Å². The average Bonchev–Trinajstić information content (AvgIpc) is 2.17. The maximum atomic E-state index is 8.60. The monoisotopic (exact) mass is 257 g/mol. The molecule has 16 heavy (non-hydrogen) atoms. The standard InChI is InChI=1S/C11H18ClN2OSi/c1-16(2,3)7-6-15-9-14-8-10(12)11(14)4-5-13/h8H,4,6-7,9H2,1-3H3/q+1. The van der Waals surface area contributed by atoms with Crippen LogP contribution in [0.25, 0.3) is 0 Å². The lowest BCUT2D eigenvalue weighted by atomic mass is 10.2. The molecule has 0 aromatic carbocycles. The van der Waals surface area contributed by atoms with Crippen molar-refractivity contribution in [2.75, 3.05) is 13.3 Å². The molecule has 88 valence electrons. The first kappa shape index (κ1) is 13.4. The van der Waals surface area contributed by atoms with Crippen LogP contribution in [0.1, 0.15) is 6.42 Å². The van der Waals surface area contributed by atoms with Crippen molar-refractivity contribution in [2.45, 2.75) is 32.1 Å². The molecule has 0 spiro atoms. The molecule has 0 aromatic rings. The van der Waals surface area contributed by atoms with Crippen LogP contribution in [0.3, 0.4) is 0 Å². The first-order chi connectivity index (χ1) is 7.44. The molecule has 0 bridgehead atoms. The van der Waals surface area contributed by atoms with Crippen LogP contribution in [0.4, 0.5) is 0 Å². The maximum Gasteiger partial charge on any atom is 0.252 e. The van der Waals surface area contributed by atoms with Crippen molar-refractivity contribution in [1.29, 1.82) is 5.26 Å². The number of hydrogen-bond donors (Lipinski definition) is 0. The molecule has 0 unspecified atom stereocenters. The van der Waals surface area contributed by atoms with E-state index in [9.17, 15) is 0 Å². The molecule has 1 heterocycles. The van der Waals surface area contributed by atoms with Gasteiger partial charge in [-0.25, -0.2) is 0 Å². The Labute approximate surface area is 103 Å². The lowest BCUT2D eigenvalue weighted by Gasteiger charge is -2.15. The summed E-state index contributed by atoms with van der Waals surface area (Å²) >= 11 is 5.86. The lowest BCUT2D eigenvalue weighted by molar-refractivity contribution is -0.515. The minimum Gasteiger partial charge on any atom is -0.324 e. The lowest BCUT2D eigenvalue weighted by Crippen LogP contribution is -2.29. The van der Waals surface area contributed by atoms with Crippen LogP contribution in [-0.2, 0) is 4.74 Å². The van der Waals surface area contributed by atoms with Crippen molar-refractivity contribution in [1.82, 2.24) is 0 Å². The van der Waals surface area contributed by atoms with Crippen molar-refractivity contribution in [3.63, 3.8) is 0 Å². The van der Waals surface area contributed by atoms with E-state index in [1.165, 1.54) is 0 Å². The second-order valence-electron chi connectivity index (χ2n) is 5.08. The zero-order valence-corrected chi connectivity index (χ0v) is 11.8. The van der Waals surface area contributed by atoms with Gasteiger partial charge in [0.1, 0.15) is 6.42 Å². The Hall–Kier alpha value is -0.633. The Morgan fingerprint density at radius 2 is 2.19 bits per heavy atom. The van der Waals surface area contributed by atoms with E-state index in [1.54, 1.807) is 0 Å².